The molecule has 3 heteroatoms. The highest BCUT2D eigenvalue weighted by Gasteiger charge is 2.25. The highest BCUT2D eigenvalue weighted by atomic mass is 16.3. The van der Waals surface area contributed by atoms with E-state index in [1.165, 1.54) is 0 Å². The van der Waals surface area contributed by atoms with Crippen LogP contribution in [0.1, 0.15) is 24.5 Å². The standard InChI is InChI=1S/C16H21NO2/c1-12-5-3-4-6-14(12)7-8-16(19)17-10-9-15(18)13(2)11-17/h3-8,13,15,18H,9-11H2,1-2H3/b8-7+. The second-order valence-corrected chi connectivity index (χ2v) is 5.31. The fourth-order valence-electron chi connectivity index (χ4n) is 2.37. The van der Waals surface area contributed by atoms with E-state index in [0.29, 0.717) is 19.5 Å². The molecule has 2 rings (SSSR count). The number of aliphatic hydroxyl groups is 1. The summed E-state index contributed by atoms with van der Waals surface area (Å²) in [5.74, 6) is 0.187. The number of hydrogen-bond donors (Lipinski definition) is 1. The zero-order valence-corrected chi connectivity index (χ0v) is 11.5. The molecule has 1 amide bonds. The lowest BCUT2D eigenvalue weighted by atomic mass is 9.96. The van der Waals surface area contributed by atoms with Crippen molar-refractivity contribution in [3.63, 3.8) is 0 Å². The maximum Gasteiger partial charge on any atom is 0.246 e. The number of hydrogen-bond acceptors (Lipinski definition) is 2. The molecule has 1 saturated heterocycles. The van der Waals surface area contributed by atoms with Crippen molar-refractivity contribution in [1.29, 1.82) is 0 Å². The predicted octanol–water partition coefficient (Wildman–Crippen LogP) is 2.24. The first-order chi connectivity index (χ1) is 9.08. The molecule has 1 heterocycles. The molecule has 0 spiro atoms. The summed E-state index contributed by atoms with van der Waals surface area (Å²) in [6.45, 7) is 5.29. The normalized spacial score (nSPS) is 23.8. The molecule has 0 bridgehead atoms. The van der Waals surface area contributed by atoms with E-state index in [-0.39, 0.29) is 17.9 Å². The van der Waals surface area contributed by atoms with Gasteiger partial charge in [-0.15, -0.1) is 0 Å². The topological polar surface area (TPSA) is 40.5 Å². The van der Waals surface area contributed by atoms with Crippen molar-refractivity contribution in [2.45, 2.75) is 26.4 Å². The van der Waals surface area contributed by atoms with Gasteiger partial charge in [0.05, 0.1) is 6.10 Å². The van der Waals surface area contributed by atoms with Gasteiger partial charge < -0.3 is 10.0 Å². The van der Waals surface area contributed by atoms with Crippen molar-refractivity contribution in [1.82, 2.24) is 4.90 Å². The number of nitrogens with zero attached hydrogens (tertiary/aromatic N) is 1. The zero-order valence-electron chi connectivity index (χ0n) is 11.5. The van der Waals surface area contributed by atoms with Crippen molar-refractivity contribution in [3.05, 3.63) is 41.5 Å². The van der Waals surface area contributed by atoms with Gasteiger partial charge in [-0.25, -0.2) is 0 Å². The summed E-state index contributed by atoms with van der Waals surface area (Å²) in [6.07, 6.45) is 3.90. The molecule has 102 valence electrons. The molecular formula is C16H21NO2. The summed E-state index contributed by atoms with van der Waals surface area (Å²) < 4.78 is 0. The van der Waals surface area contributed by atoms with Gasteiger partial charge in [-0.2, -0.15) is 0 Å². The minimum atomic E-state index is -0.274. The monoisotopic (exact) mass is 259 g/mol. The van der Waals surface area contributed by atoms with Crippen molar-refractivity contribution in [2.75, 3.05) is 13.1 Å². The van der Waals surface area contributed by atoms with Crippen LogP contribution in [0.15, 0.2) is 30.3 Å². The number of benzene rings is 1. The first-order valence-electron chi connectivity index (χ1n) is 6.78. The summed E-state index contributed by atoms with van der Waals surface area (Å²) in [5, 5.41) is 9.67. The molecule has 1 aliphatic rings. The third-order valence-corrected chi connectivity index (χ3v) is 3.77. The number of carbonyl (C=O) groups is 1. The van der Waals surface area contributed by atoms with Crippen LogP contribution in [-0.2, 0) is 4.79 Å². The minimum Gasteiger partial charge on any atom is -0.393 e. The van der Waals surface area contributed by atoms with Crippen molar-refractivity contribution < 1.29 is 9.90 Å². The lowest BCUT2D eigenvalue weighted by Crippen LogP contribution is -2.44. The summed E-state index contributed by atoms with van der Waals surface area (Å²) in [6, 6.07) is 7.99. The molecule has 1 aromatic carbocycles. The number of carbonyl (C=O) groups excluding carboxylic acids is 1. The van der Waals surface area contributed by atoms with Crippen LogP contribution >= 0.6 is 0 Å². The molecule has 0 aromatic heterocycles. The highest BCUT2D eigenvalue weighted by Crippen LogP contribution is 2.17. The number of amides is 1. The van der Waals surface area contributed by atoms with Gasteiger partial charge in [0.15, 0.2) is 0 Å². The number of aryl methyl sites for hydroxylation is 1. The van der Waals surface area contributed by atoms with Gasteiger partial charge in [-0.3, -0.25) is 4.79 Å². The van der Waals surface area contributed by atoms with Crippen LogP contribution in [0.2, 0.25) is 0 Å². The third-order valence-electron chi connectivity index (χ3n) is 3.77. The molecule has 1 N–H and O–H groups in total. The lowest BCUT2D eigenvalue weighted by molar-refractivity contribution is -0.129. The van der Waals surface area contributed by atoms with Crippen LogP contribution in [0.4, 0.5) is 0 Å². The summed E-state index contributed by atoms with van der Waals surface area (Å²) >= 11 is 0. The van der Waals surface area contributed by atoms with E-state index >= 15 is 0 Å². The van der Waals surface area contributed by atoms with E-state index in [9.17, 15) is 9.90 Å². The number of piperidine rings is 1. The van der Waals surface area contributed by atoms with E-state index in [1.54, 1.807) is 6.08 Å². The molecule has 0 saturated carbocycles. The van der Waals surface area contributed by atoms with Gasteiger partial charge in [0.25, 0.3) is 0 Å². The van der Waals surface area contributed by atoms with E-state index in [4.69, 9.17) is 0 Å². The van der Waals surface area contributed by atoms with Gasteiger partial charge >= 0.3 is 0 Å². The van der Waals surface area contributed by atoms with Crippen molar-refractivity contribution in [3.8, 4) is 0 Å². The van der Waals surface area contributed by atoms with Crippen LogP contribution in [0, 0.1) is 12.8 Å². The van der Waals surface area contributed by atoms with Crippen LogP contribution in [0.5, 0.6) is 0 Å². The summed E-state index contributed by atoms with van der Waals surface area (Å²) in [4.78, 5) is 13.9. The van der Waals surface area contributed by atoms with E-state index in [1.807, 2.05) is 49.1 Å². The van der Waals surface area contributed by atoms with E-state index in [0.717, 1.165) is 11.1 Å². The van der Waals surface area contributed by atoms with Crippen molar-refractivity contribution >= 4 is 12.0 Å². The smallest absolute Gasteiger partial charge is 0.246 e. The quantitative estimate of drug-likeness (QED) is 0.827. The first-order valence-corrected chi connectivity index (χ1v) is 6.78. The maximum absolute atomic E-state index is 12.1. The fraction of sp³-hybridized carbons (Fsp3) is 0.438. The van der Waals surface area contributed by atoms with Gasteiger partial charge in [0, 0.05) is 19.2 Å². The second-order valence-electron chi connectivity index (χ2n) is 5.31. The predicted molar refractivity (Wildman–Crippen MR) is 76.6 cm³/mol. The Morgan fingerprint density at radius 2 is 2.16 bits per heavy atom. The van der Waals surface area contributed by atoms with E-state index < -0.39 is 0 Å². The molecule has 3 nitrogen and oxygen atoms in total. The van der Waals surface area contributed by atoms with Gasteiger partial charge in [0.2, 0.25) is 5.91 Å². The lowest BCUT2D eigenvalue weighted by Gasteiger charge is -2.33. The molecule has 0 aliphatic carbocycles. The summed E-state index contributed by atoms with van der Waals surface area (Å²) in [7, 11) is 0. The van der Waals surface area contributed by atoms with Crippen molar-refractivity contribution in [2.24, 2.45) is 5.92 Å². The molecular weight excluding hydrogens is 238 g/mol. The highest BCUT2D eigenvalue weighted by molar-refractivity contribution is 5.92. The fourth-order valence-corrected chi connectivity index (χ4v) is 2.37. The molecule has 1 fully saturated rings. The third kappa shape index (κ3) is 3.44. The Labute approximate surface area is 114 Å². The Morgan fingerprint density at radius 1 is 1.42 bits per heavy atom. The summed E-state index contributed by atoms with van der Waals surface area (Å²) in [5.41, 5.74) is 2.23. The Hall–Kier alpha value is -1.61. The van der Waals surface area contributed by atoms with Crippen LogP contribution < -0.4 is 0 Å². The van der Waals surface area contributed by atoms with Crippen LogP contribution in [0.25, 0.3) is 6.08 Å². The molecule has 19 heavy (non-hydrogen) atoms. The number of rotatable bonds is 2. The Bertz CT molecular complexity index is 481. The van der Waals surface area contributed by atoms with Gasteiger partial charge in [-0.05, 0) is 36.5 Å². The number of likely N-dealkylation sites (tertiary alicyclic amines) is 1. The Kier molecular flexibility index (Phi) is 4.38. The first kappa shape index (κ1) is 13.8. The molecule has 2 unspecified atom stereocenters. The SMILES string of the molecule is Cc1ccccc1/C=C/C(=O)N1CCC(O)C(C)C1. The average molecular weight is 259 g/mol. The molecule has 2 atom stereocenters. The Morgan fingerprint density at radius 3 is 2.84 bits per heavy atom. The molecule has 1 aromatic rings. The number of aliphatic hydroxyl groups excluding tert-OH is 1. The molecule has 0 radical (unpaired) electrons. The second kappa shape index (κ2) is 6.02. The maximum atomic E-state index is 12.1. The minimum absolute atomic E-state index is 0.0296. The van der Waals surface area contributed by atoms with E-state index in [2.05, 4.69) is 0 Å². The van der Waals surface area contributed by atoms with Gasteiger partial charge in [-0.1, -0.05) is 31.2 Å². The van der Waals surface area contributed by atoms with Crippen LogP contribution in [0.3, 0.4) is 0 Å². The molecule has 1 aliphatic heterocycles. The largest absolute Gasteiger partial charge is 0.393 e. The average Bonchev–Trinajstić information content (AvgIpc) is 2.40. The van der Waals surface area contributed by atoms with Gasteiger partial charge in [0.1, 0.15) is 0 Å². The van der Waals surface area contributed by atoms with Crippen LogP contribution in [-0.4, -0.2) is 35.1 Å². The zero-order chi connectivity index (χ0) is 13.8. The Balaban J connectivity index is 2.00.